The van der Waals surface area contributed by atoms with Crippen LogP contribution in [0.1, 0.15) is 47.8 Å². The summed E-state index contributed by atoms with van der Waals surface area (Å²) in [6, 6.07) is 19.5. The summed E-state index contributed by atoms with van der Waals surface area (Å²) in [5, 5.41) is 2.96. The van der Waals surface area contributed by atoms with E-state index in [0.29, 0.717) is 28.2 Å². The fraction of sp³-hybridized carbons (Fsp3) is 0.231. The SMILES string of the molecule is Cc1cc(C)cc(-c2nc3cc(NC(=O)c4ccc(C(C)(C)C)cc4)ccc3o2)c1. The normalized spacial score (nSPS) is 11.6. The van der Waals surface area contributed by atoms with Crippen LogP contribution in [-0.4, -0.2) is 10.9 Å². The van der Waals surface area contributed by atoms with E-state index in [1.54, 1.807) is 0 Å². The van der Waals surface area contributed by atoms with E-state index in [1.165, 1.54) is 5.56 Å². The second-order valence-corrected chi connectivity index (χ2v) is 8.86. The minimum atomic E-state index is -0.146. The Hall–Kier alpha value is -3.40. The zero-order chi connectivity index (χ0) is 21.5. The molecule has 0 atom stereocenters. The molecule has 0 saturated heterocycles. The number of carbonyl (C=O) groups is 1. The maximum Gasteiger partial charge on any atom is 0.255 e. The molecule has 0 saturated carbocycles. The van der Waals surface area contributed by atoms with Crippen molar-refractivity contribution < 1.29 is 9.21 Å². The number of aromatic nitrogens is 1. The van der Waals surface area contributed by atoms with Gasteiger partial charge in [-0.05, 0) is 67.3 Å². The van der Waals surface area contributed by atoms with Gasteiger partial charge in [-0.1, -0.05) is 50.1 Å². The molecule has 1 N–H and O–H groups in total. The first-order valence-electron chi connectivity index (χ1n) is 10.1. The molecule has 0 spiro atoms. The predicted molar refractivity (Wildman–Crippen MR) is 122 cm³/mol. The van der Waals surface area contributed by atoms with Gasteiger partial charge < -0.3 is 9.73 Å². The molecule has 3 aromatic carbocycles. The van der Waals surface area contributed by atoms with Gasteiger partial charge in [0.05, 0.1) is 0 Å². The van der Waals surface area contributed by atoms with Gasteiger partial charge in [0.25, 0.3) is 5.91 Å². The van der Waals surface area contributed by atoms with Gasteiger partial charge in [0.1, 0.15) is 5.52 Å². The molecular formula is C26H26N2O2. The van der Waals surface area contributed by atoms with Crippen LogP contribution in [0.15, 0.2) is 65.1 Å². The summed E-state index contributed by atoms with van der Waals surface area (Å²) < 4.78 is 5.93. The van der Waals surface area contributed by atoms with E-state index in [-0.39, 0.29) is 11.3 Å². The number of hydrogen-bond donors (Lipinski definition) is 1. The minimum Gasteiger partial charge on any atom is -0.436 e. The summed E-state index contributed by atoms with van der Waals surface area (Å²) in [7, 11) is 0. The molecule has 0 aliphatic rings. The van der Waals surface area contributed by atoms with Gasteiger partial charge in [-0.2, -0.15) is 0 Å². The van der Waals surface area contributed by atoms with Gasteiger partial charge in [0.15, 0.2) is 5.58 Å². The number of nitrogens with zero attached hydrogens (tertiary/aromatic N) is 1. The molecule has 1 aromatic heterocycles. The molecule has 0 bridgehead atoms. The highest BCUT2D eigenvalue weighted by atomic mass is 16.3. The zero-order valence-corrected chi connectivity index (χ0v) is 18.0. The fourth-order valence-corrected chi connectivity index (χ4v) is 3.55. The Morgan fingerprint density at radius 1 is 0.900 bits per heavy atom. The number of oxazole rings is 1. The van der Waals surface area contributed by atoms with Crippen molar-refractivity contribution in [2.75, 3.05) is 5.32 Å². The Morgan fingerprint density at radius 3 is 2.20 bits per heavy atom. The lowest BCUT2D eigenvalue weighted by Gasteiger charge is -2.19. The summed E-state index contributed by atoms with van der Waals surface area (Å²) in [6.07, 6.45) is 0. The van der Waals surface area contributed by atoms with Crippen LogP contribution in [0.3, 0.4) is 0 Å². The molecular weight excluding hydrogens is 372 g/mol. The van der Waals surface area contributed by atoms with Crippen molar-refractivity contribution in [3.8, 4) is 11.5 Å². The van der Waals surface area contributed by atoms with Crippen LogP contribution in [0.5, 0.6) is 0 Å². The molecule has 30 heavy (non-hydrogen) atoms. The molecule has 0 unspecified atom stereocenters. The topological polar surface area (TPSA) is 55.1 Å². The fourth-order valence-electron chi connectivity index (χ4n) is 3.55. The standard InChI is InChI=1S/C26H26N2O2/c1-16-12-17(2)14-19(13-16)25-28-22-15-21(10-11-23(22)30-25)27-24(29)18-6-8-20(9-7-18)26(3,4)5/h6-15H,1-5H3,(H,27,29). The van der Waals surface area contributed by atoms with Crippen LogP contribution in [-0.2, 0) is 5.41 Å². The average Bonchev–Trinajstić information content (AvgIpc) is 3.10. The van der Waals surface area contributed by atoms with Crippen LogP contribution in [0.2, 0.25) is 0 Å². The van der Waals surface area contributed by atoms with Crippen molar-refractivity contribution in [3.63, 3.8) is 0 Å². The lowest BCUT2D eigenvalue weighted by atomic mass is 9.87. The Bertz CT molecular complexity index is 1210. The summed E-state index contributed by atoms with van der Waals surface area (Å²) in [6.45, 7) is 10.6. The molecule has 4 rings (SSSR count). The third-order valence-electron chi connectivity index (χ3n) is 5.13. The van der Waals surface area contributed by atoms with Crippen LogP contribution in [0.25, 0.3) is 22.6 Å². The van der Waals surface area contributed by atoms with Crippen molar-refractivity contribution in [1.29, 1.82) is 0 Å². The maximum absolute atomic E-state index is 12.7. The molecule has 4 nitrogen and oxygen atoms in total. The Balaban J connectivity index is 1.57. The summed E-state index contributed by atoms with van der Waals surface area (Å²) in [5.74, 6) is 0.436. The average molecular weight is 399 g/mol. The van der Waals surface area contributed by atoms with Gasteiger partial charge in [0, 0.05) is 16.8 Å². The van der Waals surface area contributed by atoms with E-state index in [4.69, 9.17) is 4.42 Å². The highest BCUT2D eigenvalue weighted by Gasteiger charge is 2.15. The zero-order valence-electron chi connectivity index (χ0n) is 18.0. The predicted octanol–water partition coefficient (Wildman–Crippen LogP) is 6.66. The highest BCUT2D eigenvalue weighted by Crippen LogP contribution is 2.28. The molecule has 0 aliphatic heterocycles. The van der Waals surface area contributed by atoms with E-state index in [2.05, 4.69) is 63.1 Å². The molecule has 0 aliphatic carbocycles. The molecule has 152 valence electrons. The van der Waals surface area contributed by atoms with E-state index in [9.17, 15) is 4.79 Å². The number of amides is 1. The second kappa shape index (κ2) is 7.45. The number of benzene rings is 3. The van der Waals surface area contributed by atoms with Crippen molar-refractivity contribution >= 4 is 22.7 Å². The number of anilines is 1. The third-order valence-corrected chi connectivity index (χ3v) is 5.13. The number of nitrogens with one attached hydrogen (secondary N) is 1. The van der Waals surface area contributed by atoms with Crippen LogP contribution in [0, 0.1) is 13.8 Å². The Labute approximate surface area is 177 Å². The van der Waals surface area contributed by atoms with Crippen molar-refractivity contribution in [3.05, 3.63) is 82.9 Å². The molecule has 4 aromatic rings. The first-order chi connectivity index (χ1) is 14.2. The molecule has 1 amide bonds. The molecule has 1 heterocycles. The quantitative estimate of drug-likeness (QED) is 0.420. The minimum absolute atomic E-state index is 0.0561. The summed E-state index contributed by atoms with van der Waals surface area (Å²) in [4.78, 5) is 17.3. The largest absolute Gasteiger partial charge is 0.436 e. The number of aryl methyl sites for hydroxylation is 2. The number of hydrogen-bond acceptors (Lipinski definition) is 3. The second-order valence-electron chi connectivity index (χ2n) is 8.86. The maximum atomic E-state index is 12.7. The van der Waals surface area contributed by atoms with Crippen LogP contribution >= 0.6 is 0 Å². The van der Waals surface area contributed by atoms with Crippen LogP contribution < -0.4 is 5.32 Å². The lowest BCUT2D eigenvalue weighted by molar-refractivity contribution is 0.102. The van der Waals surface area contributed by atoms with Gasteiger partial charge >= 0.3 is 0 Å². The molecule has 0 fully saturated rings. The van der Waals surface area contributed by atoms with Crippen molar-refractivity contribution in [1.82, 2.24) is 4.98 Å². The van der Waals surface area contributed by atoms with E-state index in [1.807, 2.05) is 42.5 Å². The van der Waals surface area contributed by atoms with Crippen molar-refractivity contribution in [2.45, 2.75) is 40.0 Å². The van der Waals surface area contributed by atoms with Crippen LogP contribution in [0.4, 0.5) is 5.69 Å². The van der Waals surface area contributed by atoms with Gasteiger partial charge in [-0.15, -0.1) is 0 Å². The number of carbonyl (C=O) groups excluding carboxylic acids is 1. The molecule has 4 heteroatoms. The monoisotopic (exact) mass is 398 g/mol. The lowest BCUT2D eigenvalue weighted by Crippen LogP contribution is -2.14. The van der Waals surface area contributed by atoms with Gasteiger partial charge in [-0.25, -0.2) is 4.98 Å². The summed E-state index contributed by atoms with van der Waals surface area (Å²) >= 11 is 0. The first-order valence-corrected chi connectivity index (χ1v) is 10.1. The smallest absolute Gasteiger partial charge is 0.255 e. The Kier molecular flexibility index (Phi) is 4.94. The highest BCUT2D eigenvalue weighted by molar-refractivity contribution is 6.05. The van der Waals surface area contributed by atoms with Crippen molar-refractivity contribution in [2.24, 2.45) is 0 Å². The number of fused-ring (bicyclic) bond motifs is 1. The Morgan fingerprint density at radius 2 is 1.57 bits per heavy atom. The first kappa shape index (κ1) is 19.9. The molecule has 0 radical (unpaired) electrons. The van der Waals surface area contributed by atoms with E-state index < -0.39 is 0 Å². The number of rotatable bonds is 3. The van der Waals surface area contributed by atoms with E-state index in [0.717, 1.165) is 16.7 Å². The van der Waals surface area contributed by atoms with E-state index >= 15 is 0 Å². The third kappa shape index (κ3) is 4.13. The summed E-state index contributed by atoms with van der Waals surface area (Å²) in [5.41, 5.74) is 7.25. The van der Waals surface area contributed by atoms with Gasteiger partial charge in [-0.3, -0.25) is 4.79 Å². The van der Waals surface area contributed by atoms with Gasteiger partial charge in [0.2, 0.25) is 5.89 Å².